The highest BCUT2D eigenvalue weighted by atomic mass is 28.4. The summed E-state index contributed by atoms with van der Waals surface area (Å²) >= 11 is 0. The molecule has 0 aliphatic heterocycles. The topological polar surface area (TPSA) is 35.5 Å². The van der Waals surface area contributed by atoms with Crippen LogP contribution in [0.25, 0.3) is 0 Å². The molecule has 0 radical (unpaired) electrons. The van der Waals surface area contributed by atoms with E-state index >= 15 is 0 Å². The summed E-state index contributed by atoms with van der Waals surface area (Å²) in [6.07, 6.45) is -11.7. The minimum atomic E-state index is -4.87. The number of rotatable bonds is 16. The molecule has 0 bridgehead atoms. The zero-order valence-electron chi connectivity index (χ0n) is 22.0. The van der Waals surface area contributed by atoms with Gasteiger partial charge in [0, 0.05) is 0 Å². The summed E-state index contributed by atoms with van der Waals surface area (Å²) in [5, 5.41) is 0. The normalized spacial score (nSPS) is 17.4. The van der Waals surface area contributed by atoms with E-state index in [0.29, 0.717) is 38.5 Å². The third-order valence-electron chi connectivity index (χ3n) is 5.31. The summed E-state index contributed by atoms with van der Waals surface area (Å²) in [6.45, 7) is 13.2. The summed E-state index contributed by atoms with van der Waals surface area (Å²) in [6, 6.07) is 0. The summed E-state index contributed by atoms with van der Waals surface area (Å²) in [7, 11) is -5.55. The minimum absolute atomic E-state index is 0.164. The fourth-order valence-corrected chi connectivity index (χ4v) is 6.02. The Morgan fingerprint density at radius 1 is 0.647 bits per heavy atom. The van der Waals surface area contributed by atoms with Gasteiger partial charge in [-0.3, -0.25) is 4.79 Å². The Morgan fingerprint density at radius 3 is 1.15 bits per heavy atom. The van der Waals surface area contributed by atoms with Crippen molar-refractivity contribution >= 4 is 22.4 Å². The lowest BCUT2D eigenvalue weighted by Gasteiger charge is -2.38. The lowest BCUT2D eigenvalue weighted by atomic mass is 9.79. The standard InChI is InChI=1S/C23H44F6O3Si2/c1-9-11-13-15-17(20(22(24,25)26)31-33(3,4)5)19(30)18(16-14-12-10-2)21(23(27,28)29)32-34(6,7)8/h17-18,20-21H,9-16H2,1-8H3/t17-,18-,20?,21?/m0/s1. The van der Waals surface area contributed by atoms with Gasteiger partial charge in [0.1, 0.15) is 5.78 Å². The molecule has 0 N–H and O–H groups in total. The van der Waals surface area contributed by atoms with Gasteiger partial charge in [-0.05, 0) is 52.1 Å². The van der Waals surface area contributed by atoms with Crippen LogP contribution in [-0.2, 0) is 13.6 Å². The second-order valence-corrected chi connectivity index (χ2v) is 19.9. The molecule has 0 saturated carbocycles. The predicted octanol–water partition coefficient (Wildman–Crippen LogP) is 8.51. The van der Waals surface area contributed by atoms with Crippen molar-refractivity contribution in [1.29, 1.82) is 0 Å². The number of Topliss-reactive ketones (excluding diaryl/α,β-unsaturated/α-hetero) is 1. The van der Waals surface area contributed by atoms with Crippen LogP contribution in [0.1, 0.15) is 65.2 Å². The molecule has 0 fully saturated rings. The molecule has 0 aliphatic rings. The monoisotopic (exact) mass is 538 g/mol. The first-order valence-electron chi connectivity index (χ1n) is 12.3. The van der Waals surface area contributed by atoms with Gasteiger partial charge in [0.25, 0.3) is 0 Å². The first kappa shape index (κ1) is 33.6. The first-order chi connectivity index (χ1) is 15.2. The van der Waals surface area contributed by atoms with Crippen molar-refractivity contribution in [3.63, 3.8) is 0 Å². The quantitative estimate of drug-likeness (QED) is 0.112. The van der Waals surface area contributed by atoms with E-state index in [2.05, 4.69) is 0 Å². The molecule has 3 nitrogen and oxygen atoms in total. The van der Waals surface area contributed by atoms with Gasteiger partial charge < -0.3 is 8.85 Å². The maximum Gasteiger partial charge on any atom is 0.414 e. The number of alkyl halides is 6. The van der Waals surface area contributed by atoms with Gasteiger partial charge in [-0.15, -0.1) is 0 Å². The number of carbonyl (C=O) groups is 1. The van der Waals surface area contributed by atoms with Gasteiger partial charge in [-0.1, -0.05) is 52.4 Å². The summed E-state index contributed by atoms with van der Waals surface area (Å²) in [5.74, 6) is -4.42. The third-order valence-corrected chi connectivity index (χ3v) is 7.23. The molecule has 0 amide bonds. The molecule has 0 saturated heterocycles. The molecule has 204 valence electrons. The number of ketones is 1. The molecule has 0 aromatic heterocycles. The molecule has 0 spiro atoms. The Kier molecular flexibility index (Phi) is 13.6. The minimum Gasteiger partial charge on any atom is -0.405 e. The van der Waals surface area contributed by atoms with E-state index < -0.39 is 58.8 Å². The van der Waals surface area contributed by atoms with E-state index in [1.165, 1.54) is 0 Å². The summed E-state index contributed by atoms with van der Waals surface area (Å²) < 4.78 is 95.7. The highest BCUT2D eigenvalue weighted by Gasteiger charge is 2.55. The zero-order valence-corrected chi connectivity index (χ0v) is 24.0. The highest BCUT2D eigenvalue weighted by Crippen LogP contribution is 2.40. The number of hydrogen-bond acceptors (Lipinski definition) is 3. The Bertz CT molecular complexity index is 547. The first-order valence-corrected chi connectivity index (χ1v) is 19.1. The maximum atomic E-state index is 14.1. The SMILES string of the molecule is CCCCC[C@@H](C(=O)[C@H](CCCCC)C(O[Si](C)(C)C)C(F)(F)F)C(O[Si](C)(C)C)C(F)(F)F. The number of halogens is 6. The van der Waals surface area contributed by atoms with Crippen molar-refractivity contribution in [2.75, 3.05) is 0 Å². The van der Waals surface area contributed by atoms with Gasteiger partial charge in [0.2, 0.25) is 0 Å². The van der Waals surface area contributed by atoms with Crippen molar-refractivity contribution in [2.24, 2.45) is 11.8 Å². The number of carbonyl (C=O) groups excluding carboxylic acids is 1. The Morgan fingerprint density at radius 2 is 0.941 bits per heavy atom. The Labute approximate surface area is 203 Å². The second kappa shape index (κ2) is 13.8. The molecule has 0 heterocycles. The van der Waals surface area contributed by atoms with Crippen molar-refractivity contribution in [3.05, 3.63) is 0 Å². The van der Waals surface area contributed by atoms with E-state index in [1.807, 2.05) is 13.8 Å². The van der Waals surface area contributed by atoms with Crippen LogP contribution < -0.4 is 0 Å². The van der Waals surface area contributed by atoms with Crippen molar-refractivity contribution in [1.82, 2.24) is 0 Å². The van der Waals surface area contributed by atoms with E-state index in [0.717, 1.165) is 0 Å². The van der Waals surface area contributed by atoms with Crippen molar-refractivity contribution in [2.45, 2.75) is 129 Å². The Hall–Kier alpha value is -0.396. The number of hydrogen-bond donors (Lipinski definition) is 0. The highest BCUT2D eigenvalue weighted by molar-refractivity contribution is 6.70. The molecule has 0 aromatic rings. The Balaban J connectivity index is 6.51. The fraction of sp³-hybridized carbons (Fsp3) is 0.957. The van der Waals surface area contributed by atoms with Crippen LogP contribution in [0.4, 0.5) is 26.3 Å². The van der Waals surface area contributed by atoms with Crippen LogP contribution in [-0.4, -0.2) is 47.0 Å². The average Bonchev–Trinajstić information content (AvgIpc) is 2.62. The molecule has 4 atom stereocenters. The lowest BCUT2D eigenvalue weighted by Crippen LogP contribution is -2.53. The lowest BCUT2D eigenvalue weighted by molar-refractivity contribution is -0.225. The summed E-state index contributed by atoms with van der Waals surface area (Å²) in [5.41, 5.74) is 0. The van der Waals surface area contributed by atoms with Gasteiger partial charge in [-0.2, -0.15) is 26.3 Å². The molecule has 11 heteroatoms. The van der Waals surface area contributed by atoms with E-state index in [4.69, 9.17) is 8.85 Å². The van der Waals surface area contributed by atoms with Gasteiger partial charge in [0.15, 0.2) is 28.8 Å². The zero-order chi connectivity index (χ0) is 27.0. The van der Waals surface area contributed by atoms with E-state index in [9.17, 15) is 31.1 Å². The molecule has 0 aromatic carbocycles. The maximum absolute atomic E-state index is 14.1. The van der Waals surface area contributed by atoms with Crippen molar-refractivity contribution in [3.8, 4) is 0 Å². The number of unbranched alkanes of at least 4 members (excludes halogenated alkanes) is 4. The smallest absolute Gasteiger partial charge is 0.405 e. The largest absolute Gasteiger partial charge is 0.414 e. The van der Waals surface area contributed by atoms with Crippen LogP contribution in [0.2, 0.25) is 39.3 Å². The van der Waals surface area contributed by atoms with Gasteiger partial charge >= 0.3 is 12.4 Å². The van der Waals surface area contributed by atoms with Crippen LogP contribution in [0.5, 0.6) is 0 Å². The molecular weight excluding hydrogens is 494 g/mol. The van der Waals surface area contributed by atoms with Crippen LogP contribution in [0.3, 0.4) is 0 Å². The predicted molar refractivity (Wildman–Crippen MR) is 129 cm³/mol. The molecule has 2 unspecified atom stereocenters. The van der Waals surface area contributed by atoms with Gasteiger partial charge in [-0.25, -0.2) is 0 Å². The van der Waals surface area contributed by atoms with Crippen LogP contribution >= 0.6 is 0 Å². The molecule has 34 heavy (non-hydrogen) atoms. The second-order valence-electron chi connectivity index (χ2n) is 11.0. The molecule has 0 rings (SSSR count). The average molecular weight is 539 g/mol. The fourth-order valence-electron chi connectivity index (χ4n) is 3.91. The summed E-state index contributed by atoms with van der Waals surface area (Å²) in [4.78, 5) is 13.7. The van der Waals surface area contributed by atoms with Crippen LogP contribution in [0, 0.1) is 11.8 Å². The van der Waals surface area contributed by atoms with Gasteiger partial charge in [0.05, 0.1) is 11.8 Å². The van der Waals surface area contributed by atoms with Crippen LogP contribution in [0.15, 0.2) is 0 Å². The molecule has 0 aliphatic carbocycles. The van der Waals surface area contributed by atoms with Crippen molar-refractivity contribution < 1.29 is 40.0 Å². The van der Waals surface area contributed by atoms with E-state index in [1.54, 1.807) is 39.3 Å². The third kappa shape index (κ3) is 13.1. The van der Waals surface area contributed by atoms with E-state index in [-0.39, 0.29) is 12.8 Å². The molecular formula is C23H44F6O3Si2.